The summed E-state index contributed by atoms with van der Waals surface area (Å²) in [5, 5.41) is -0.242. The van der Waals surface area contributed by atoms with Gasteiger partial charge in [-0.2, -0.15) is 0 Å². The Balaban J connectivity index is 2.30. The van der Waals surface area contributed by atoms with Gasteiger partial charge in [0.05, 0.1) is 18.2 Å². The average Bonchev–Trinajstić information content (AvgIpc) is 2.57. The maximum Gasteiger partial charge on any atom is 0.228 e. The molecular weight excluding hydrogens is 233 g/mol. The first-order chi connectivity index (χ1) is 7.61. The van der Waals surface area contributed by atoms with Gasteiger partial charge in [0, 0.05) is 19.0 Å². The standard InChI is InChI=1S/C11H11ClFNO2/c1-16-8-2-3-10(9(13)5-8)14-6-7(12)4-11(14)15/h2-3,5,7H,4,6H2,1H3. The fourth-order valence-electron chi connectivity index (χ4n) is 1.73. The van der Waals surface area contributed by atoms with E-state index >= 15 is 0 Å². The second kappa shape index (κ2) is 4.29. The summed E-state index contributed by atoms with van der Waals surface area (Å²) >= 11 is 5.85. The number of amides is 1. The number of carbonyl (C=O) groups excluding carboxylic acids is 1. The van der Waals surface area contributed by atoms with E-state index in [4.69, 9.17) is 16.3 Å². The van der Waals surface area contributed by atoms with Gasteiger partial charge in [-0.1, -0.05) is 0 Å². The van der Waals surface area contributed by atoms with Crippen molar-refractivity contribution in [2.24, 2.45) is 0 Å². The van der Waals surface area contributed by atoms with Gasteiger partial charge in [0.2, 0.25) is 5.91 Å². The van der Waals surface area contributed by atoms with Gasteiger partial charge in [-0.25, -0.2) is 4.39 Å². The molecule has 1 unspecified atom stereocenters. The highest BCUT2D eigenvalue weighted by molar-refractivity contribution is 6.24. The van der Waals surface area contributed by atoms with Crippen LogP contribution in [-0.4, -0.2) is 24.9 Å². The fourth-order valence-corrected chi connectivity index (χ4v) is 2.00. The second-order valence-electron chi connectivity index (χ2n) is 3.62. The Bertz CT molecular complexity index is 424. The van der Waals surface area contributed by atoms with Gasteiger partial charge in [0.25, 0.3) is 0 Å². The molecule has 0 bridgehead atoms. The molecule has 2 rings (SSSR count). The Morgan fingerprint density at radius 2 is 2.31 bits per heavy atom. The van der Waals surface area contributed by atoms with Crippen LogP contribution in [0, 0.1) is 5.82 Å². The molecule has 0 aromatic heterocycles. The van der Waals surface area contributed by atoms with Crippen molar-refractivity contribution < 1.29 is 13.9 Å². The van der Waals surface area contributed by atoms with Crippen LogP contribution in [0.3, 0.4) is 0 Å². The van der Waals surface area contributed by atoms with Gasteiger partial charge in [-0.15, -0.1) is 11.6 Å². The summed E-state index contributed by atoms with van der Waals surface area (Å²) < 4.78 is 18.6. The molecule has 16 heavy (non-hydrogen) atoms. The lowest BCUT2D eigenvalue weighted by Gasteiger charge is -2.17. The summed E-state index contributed by atoms with van der Waals surface area (Å²) in [5.41, 5.74) is 0.258. The zero-order valence-electron chi connectivity index (χ0n) is 8.74. The lowest BCUT2D eigenvalue weighted by atomic mass is 10.2. The van der Waals surface area contributed by atoms with E-state index in [1.165, 1.54) is 24.1 Å². The van der Waals surface area contributed by atoms with E-state index in [1.54, 1.807) is 6.07 Å². The number of benzene rings is 1. The summed E-state index contributed by atoms with van der Waals surface area (Å²) in [6.45, 7) is 0.351. The van der Waals surface area contributed by atoms with Crippen LogP contribution in [0.25, 0.3) is 0 Å². The Kier molecular flexibility index (Phi) is 3.01. The molecule has 1 aromatic rings. The second-order valence-corrected chi connectivity index (χ2v) is 4.24. The monoisotopic (exact) mass is 243 g/mol. The number of ether oxygens (including phenoxy) is 1. The number of methoxy groups -OCH3 is 1. The predicted octanol–water partition coefficient (Wildman–Crippen LogP) is 2.18. The third-order valence-corrected chi connectivity index (χ3v) is 2.82. The third-order valence-electron chi connectivity index (χ3n) is 2.52. The van der Waals surface area contributed by atoms with E-state index in [0.717, 1.165) is 0 Å². The van der Waals surface area contributed by atoms with Crippen molar-refractivity contribution in [2.75, 3.05) is 18.6 Å². The number of anilines is 1. The molecule has 1 fully saturated rings. The molecule has 1 amide bonds. The van der Waals surface area contributed by atoms with Crippen LogP contribution in [0.1, 0.15) is 6.42 Å². The number of halogens is 2. The quantitative estimate of drug-likeness (QED) is 0.745. The highest BCUT2D eigenvalue weighted by Gasteiger charge is 2.30. The number of rotatable bonds is 2. The summed E-state index contributed by atoms with van der Waals surface area (Å²) in [4.78, 5) is 12.9. The van der Waals surface area contributed by atoms with E-state index in [0.29, 0.717) is 12.3 Å². The number of alkyl halides is 1. The Morgan fingerprint density at radius 3 is 2.81 bits per heavy atom. The van der Waals surface area contributed by atoms with E-state index in [-0.39, 0.29) is 23.4 Å². The molecule has 5 heteroatoms. The topological polar surface area (TPSA) is 29.5 Å². The van der Waals surface area contributed by atoms with Crippen LogP contribution in [0.4, 0.5) is 10.1 Å². The first-order valence-corrected chi connectivity index (χ1v) is 5.33. The van der Waals surface area contributed by atoms with Gasteiger partial charge in [-0.05, 0) is 12.1 Å². The maximum atomic E-state index is 13.7. The minimum absolute atomic E-state index is 0.149. The van der Waals surface area contributed by atoms with Crippen molar-refractivity contribution in [3.63, 3.8) is 0 Å². The van der Waals surface area contributed by atoms with E-state index in [2.05, 4.69) is 0 Å². The van der Waals surface area contributed by atoms with Crippen molar-refractivity contribution in [2.45, 2.75) is 11.8 Å². The fraction of sp³-hybridized carbons (Fsp3) is 0.364. The number of nitrogens with zero attached hydrogens (tertiary/aromatic N) is 1. The Hall–Kier alpha value is -1.29. The van der Waals surface area contributed by atoms with Crippen molar-refractivity contribution in [3.8, 4) is 5.75 Å². The molecule has 86 valence electrons. The zero-order chi connectivity index (χ0) is 11.7. The molecule has 0 saturated carbocycles. The average molecular weight is 244 g/mol. The lowest BCUT2D eigenvalue weighted by molar-refractivity contribution is -0.117. The Morgan fingerprint density at radius 1 is 1.56 bits per heavy atom. The molecule has 0 radical (unpaired) electrons. The normalized spacial score (nSPS) is 20.3. The van der Waals surface area contributed by atoms with Crippen LogP contribution in [0.2, 0.25) is 0 Å². The van der Waals surface area contributed by atoms with Crippen LogP contribution in [0.15, 0.2) is 18.2 Å². The smallest absolute Gasteiger partial charge is 0.228 e. The molecule has 0 aliphatic carbocycles. The van der Waals surface area contributed by atoms with Gasteiger partial charge in [-0.3, -0.25) is 4.79 Å². The van der Waals surface area contributed by atoms with Gasteiger partial charge >= 0.3 is 0 Å². The van der Waals surface area contributed by atoms with Crippen molar-refractivity contribution in [3.05, 3.63) is 24.0 Å². The minimum atomic E-state index is -0.474. The molecular formula is C11H11ClFNO2. The summed E-state index contributed by atoms with van der Waals surface area (Å²) in [5.74, 6) is -0.196. The van der Waals surface area contributed by atoms with Crippen molar-refractivity contribution >= 4 is 23.2 Å². The molecule has 1 aromatic carbocycles. The van der Waals surface area contributed by atoms with E-state index < -0.39 is 5.82 Å². The first kappa shape index (κ1) is 11.2. The molecule has 1 aliphatic rings. The Labute approximate surface area is 97.8 Å². The number of carbonyl (C=O) groups is 1. The molecule has 0 N–H and O–H groups in total. The molecule has 1 aliphatic heterocycles. The first-order valence-electron chi connectivity index (χ1n) is 4.90. The molecule has 1 atom stereocenters. The lowest BCUT2D eigenvalue weighted by Crippen LogP contribution is -2.25. The van der Waals surface area contributed by atoms with Gasteiger partial charge in [0.15, 0.2) is 5.82 Å². The van der Waals surface area contributed by atoms with Gasteiger partial charge in [0.1, 0.15) is 5.75 Å². The SMILES string of the molecule is COc1ccc(N2CC(Cl)CC2=O)c(F)c1. The zero-order valence-corrected chi connectivity index (χ0v) is 9.50. The van der Waals surface area contributed by atoms with E-state index in [1.807, 2.05) is 0 Å². The molecule has 3 nitrogen and oxygen atoms in total. The summed E-state index contributed by atoms with van der Waals surface area (Å²) in [6, 6.07) is 4.40. The van der Waals surface area contributed by atoms with Crippen LogP contribution in [-0.2, 0) is 4.79 Å². The van der Waals surface area contributed by atoms with Crippen molar-refractivity contribution in [1.29, 1.82) is 0 Å². The largest absolute Gasteiger partial charge is 0.497 e. The minimum Gasteiger partial charge on any atom is -0.497 e. The molecule has 1 heterocycles. The van der Waals surface area contributed by atoms with Crippen molar-refractivity contribution in [1.82, 2.24) is 0 Å². The van der Waals surface area contributed by atoms with E-state index in [9.17, 15) is 9.18 Å². The third kappa shape index (κ3) is 1.97. The summed E-state index contributed by atoms with van der Waals surface area (Å²) in [7, 11) is 1.46. The predicted molar refractivity (Wildman–Crippen MR) is 59.6 cm³/mol. The van der Waals surface area contributed by atoms with Crippen LogP contribution >= 0.6 is 11.6 Å². The highest BCUT2D eigenvalue weighted by atomic mass is 35.5. The molecule has 1 saturated heterocycles. The number of hydrogen-bond donors (Lipinski definition) is 0. The highest BCUT2D eigenvalue weighted by Crippen LogP contribution is 2.28. The van der Waals surface area contributed by atoms with Gasteiger partial charge < -0.3 is 9.64 Å². The van der Waals surface area contributed by atoms with Crippen LogP contribution in [0.5, 0.6) is 5.75 Å². The number of hydrogen-bond acceptors (Lipinski definition) is 2. The molecule has 0 spiro atoms. The van der Waals surface area contributed by atoms with Crippen LogP contribution < -0.4 is 9.64 Å². The summed E-state index contributed by atoms with van der Waals surface area (Å²) in [6.07, 6.45) is 0.257. The maximum absolute atomic E-state index is 13.7.